The van der Waals surface area contributed by atoms with Crippen molar-refractivity contribution in [3.8, 4) is 11.4 Å². The number of halogens is 3. The lowest BCUT2D eigenvalue weighted by Crippen LogP contribution is -2.25. The molecule has 0 bridgehead atoms. The van der Waals surface area contributed by atoms with Gasteiger partial charge in [0.15, 0.2) is 5.69 Å². The van der Waals surface area contributed by atoms with E-state index in [0.29, 0.717) is 5.56 Å². The van der Waals surface area contributed by atoms with E-state index < -0.39 is 29.5 Å². The van der Waals surface area contributed by atoms with Crippen LogP contribution in [0.1, 0.15) is 27.8 Å². The number of thiophene rings is 1. The summed E-state index contributed by atoms with van der Waals surface area (Å²) < 4.78 is 47.5. The molecule has 3 aromatic carbocycles. The predicted octanol–water partition coefficient (Wildman–Crippen LogP) is 5.93. The summed E-state index contributed by atoms with van der Waals surface area (Å²) >= 11 is 1.03. The number of ether oxygens (including phenoxy) is 2. The molecule has 12 heteroatoms. The van der Waals surface area contributed by atoms with Gasteiger partial charge in [0.1, 0.15) is 10.8 Å². The van der Waals surface area contributed by atoms with Crippen molar-refractivity contribution in [2.24, 2.45) is 0 Å². The van der Waals surface area contributed by atoms with Crippen LogP contribution in [0.5, 0.6) is 5.75 Å². The van der Waals surface area contributed by atoms with E-state index in [4.69, 9.17) is 4.74 Å². The zero-order chi connectivity index (χ0) is 27.7. The number of nitrogens with zero attached hydrogens (tertiary/aromatic N) is 2. The highest BCUT2D eigenvalue weighted by atomic mass is 32.1. The zero-order valence-electron chi connectivity index (χ0n) is 20.1. The molecule has 0 unspecified atom stereocenters. The lowest BCUT2D eigenvalue weighted by molar-refractivity contribution is -0.274. The lowest BCUT2D eigenvalue weighted by Gasteiger charge is -2.12. The van der Waals surface area contributed by atoms with Gasteiger partial charge in [-0.2, -0.15) is 9.78 Å². The minimum atomic E-state index is -4.89. The van der Waals surface area contributed by atoms with Gasteiger partial charge in [-0.3, -0.25) is 9.59 Å². The fraction of sp³-hybridized carbons (Fsp3) is 0.111. The highest BCUT2D eigenvalue weighted by Crippen LogP contribution is 2.32. The molecular formula is C27H18F3N3O5S. The van der Waals surface area contributed by atoms with Crippen molar-refractivity contribution >= 4 is 49.8 Å². The number of rotatable bonds is 6. The number of fused-ring (bicyclic) bond motifs is 2. The van der Waals surface area contributed by atoms with Crippen molar-refractivity contribution in [3.05, 3.63) is 93.7 Å². The van der Waals surface area contributed by atoms with Crippen molar-refractivity contribution in [1.82, 2.24) is 9.78 Å². The molecule has 0 radical (unpaired) electrons. The molecule has 0 saturated carbocycles. The number of anilines is 1. The maximum absolute atomic E-state index is 13.5. The monoisotopic (exact) mass is 553 g/mol. The third-order valence-electron chi connectivity index (χ3n) is 5.67. The summed E-state index contributed by atoms with van der Waals surface area (Å²) in [7, 11) is 0. The molecule has 5 rings (SSSR count). The van der Waals surface area contributed by atoms with E-state index >= 15 is 0 Å². The van der Waals surface area contributed by atoms with Gasteiger partial charge in [0, 0.05) is 16.3 Å². The average Bonchev–Trinajstić information content (AvgIpc) is 3.32. The number of carbonyl (C=O) groups excluding carboxylic acids is 2. The normalized spacial score (nSPS) is 11.5. The van der Waals surface area contributed by atoms with Crippen LogP contribution in [-0.2, 0) is 4.74 Å². The van der Waals surface area contributed by atoms with Gasteiger partial charge < -0.3 is 14.8 Å². The molecular weight excluding hydrogens is 535 g/mol. The molecule has 0 fully saturated rings. The smallest absolute Gasteiger partial charge is 0.461 e. The zero-order valence-corrected chi connectivity index (χ0v) is 20.9. The van der Waals surface area contributed by atoms with E-state index in [9.17, 15) is 27.6 Å². The quantitative estimate of drug-likeness (QED) is 0.262. The number of esters is 1. The van der Waals surface area contributed by atoms with Crippen molar-refractivity contribution in [2.75, 3.05) is 11.9 Å². The first kappa shape index (κ1) is 25.9. The maximum Gasteiger partial charge on any atom is 0.573 e. The van der Waals surface area contributed by atoms with E-state index in [0.717, 1.165) is 38.9 Å². The topological polar surface area (TPSA) is 99.5 Å². The number of amides is 1. The Balaban J connectivity index is 1.58. The van der Waals surface area contributed by atoms with Crippen LogP contribution in [0.15, 0.2) is 76.9 Å². The van der Waals surface area contributed by atoms with Gasteiger partial charge in [-0.1, -0.05) is 30.3 Å². The summed E-state index contributed by atoms with van der Waals surface area (Å²) in [5.74, 6) is -1.78. The molecule has 0 atom stereocenters. The Bertz CT molecular complexity index is 1780. The largest absolute Gasteiger partial charge is 0.573 e. The number of nitrogens with one attached hydrogen (secondary N) is 1. The summed E-state index contributed by atoms with van der Waals surface area (Å²) in [6.07, 6.45) is -4.89. The molecule has 39 heavy (non-hydrogen) atoms. The molecule has 0 saturated heterocycles. The number of carbonyl (C=O) groups is 2. The van der Waals surface area contributed by atoms with Crippen LogP contribution in [0, 0.1) is 0 Å². The Morgan fingerprint density at radius 2 is 1.74 bits per heavy atom. The first-order chi connectivity index (χ1) is 18.6. The molecule has 2 heterocycles. The highest BCUT2D eigenvalue weighted by molar-refractivity contribution is 7.16. The minimum Gasteiger partial charge on any atom is -0.461 e. The number of hydrogen-bond acceptors (Lipinski definition) is 7. The van der Waals surface area contributed by atoms with Gasteiger partial charge >= 0.3 is 12.3 Å². The van der Waals surface area contributed by atoms with Gasteiger partial charge in [0.25, 0.3) is 11.5 Å². The fourth-order valence-electron chi connectivity index (χ4n) is 3.96. The molecule has 0 aliphatic heterocycles. The Kier molecular flexibility index (Phi) is 6.79. The maximum atomic E-state index is 13.5. The summed E-state index contributed by atoms with van der Waals surface area (Å²) in [5.41, 5.74) is -0.461. The minimum absolute atomic E-state index is 0.00260. The van der Waals surface area contributed by atoms with E-state index in [1.54, 1.807) is 25.1 Å². The molecule has 0 spiro atoms. The van der Waals surface area contributed by atoms with Crippen molar-refractivity contribution in [2.45, 2.75) is 13.3 Å². The third-order valence-corrected chi connectivity index (χ3v) is 6.57. The summed E-state index contributed by atoms with van der Waals surface area (Å²) in [5, 5.41) is 10.5. The Morgan fingerprint density at radius 3 is 2.44 bits per heavy atom. The third kappa shape index (κ3) is 5.32. The molecule has 1 amide bonds. The molecule has 0 aliphatic carbocycles. The second kappa shape index (κ2) is 10.2. The van der Waals surface area contributed by atoms with E-state index in [1.165, 1.54) is 17.5 Å². The summed E-state index contributed by atoms with van der Waals surface area (Å²) in [6.45, 7) is 1.65. The predicted molar refractivity (Wildman–Crippen MR) is 140 cm³/mol. The Labute approximate surface area is 222 Å². The van der Waals surface area contributed by atoms with Crippen molar-refractivity contribution in [3.63, 3.8) is 0 Å². The van der Waals surface area contributed by atoms with Crippen LogP contribution in [0.3, 0.4) is 0 Å². The van der Waals surface area contributed by atoms with Crippen LogP contribution >= 0.6 is 11.3 Å². The van der Waals surface area contributed by atoms with Crippen LogP contribution in [0.2, 0.25) is 0 Å². The van der Waals surface area contributed by atoms with Gasteiger partial charge in [0.05, 0.1) is 17.7 Å². The second-order valence-corrected chi connectivity index (χ2v) is 9.08. The number of hydrogen-bond donors (Lipinski definition) is 1. The lowest BCUT2D eigenvalue weighted by atomic mass is 10.1. The van der Waals surface area contributed by atoms with E-state index in [-0.39, 0.29) is 33.8 Å². The summed E-state index contributed by atoms with van der Waals surface area (Å²) in [4.78, 5) is 39.4. The molecule has 0 aliphatic rings. The molecule has 198 valence electrons. The number of benzene rings is 3. The van der Waals surface area contributed by atoms with E-state index in [2.05, 4.69) is 15.2 Å². The van der Waals surface area contributed by atoms with Crippen LogP contribution in [0.4, 0.5) is 18.2 Å². The SMILES string of the molecule is CCOC(=O)c1nn(-c2ccc(OC(F)(F)F)cc2)c(=O)c2c(NC(=O)c3ccc4ccccc4c3)scc12. The second-order valence-electron chi connectivity index (χ2n) is 8.20. The summed E-state index contributed by atoms with van der Waals surface area (Å²) in [6, 6.07) is 17.1. The van der Waals surface area contributed by atoms with Crippen LogP contribution < -0.4 is 15.6 Å². The number of aromatic nitrogens is 2. The van der Waals surface area contributed by atoms with Crippen LogP contribution in [0.25, 0.3) is 27.2 Å². The van der Waals surface area contributed by atoms with Gasteiger partial charge in [0.2, 0.25) is 0 Å². The molecule has 2 aromatic heterocycles. The van der Waals surface area contributed by atoms with Crippen molar-refractivity contribution in [1.29, 1.82) is 0 Å². The van der Waals surface area contributed by atoms with Gasteiger partial charge in [-0.05, 0) is 54.1 Å². The highest BCUT2D eigenvalue weighted by Gasteiger charge is 2.31. The fourth-order valence-corrected chi connectivity index (χ4v) is 4.89. The van der Waals surface area contributed by atoms with Crippen LogP contribution in [-0.4, -0.2) is 34.6 Å². The molecule has 8 nitrogen and oxygen atoms in total. The van der Waals surface area contributed by atoms with Gasteiger partial charge in [-0.15, -0.1) is 24.5 Å². The van der Waals surface area contributed by atoms with Crippen molar-refractivity contribution < 1.29 is 32.2 Å². The Morgan fingerprint density at radius 1 is 1.03 bits per heavy atom. The Hall–Kier alpha value is -4.71. The molecule has 1 N–H and O–H groups in total. The molecule has 5 aromatic rings. The number of alkyl halides is 3. The standard InChI is InChI=1S/C27H18F3N3O5S/c1-2-37-26(36)22-20-14-39-24(31-23(34)17-8-7-15-5-3-4-6-16(15)13-17)21(20)25(35)33(32-22)18-9-11-19(12-10-18)38-27(28,29)30/h3-14H,2H2,1H3,(H,31,34). The first-order valence-corrected chi connectivity index (χ1v) is 12.4. The first-order valence-electron chi connectivity index (χ1n) is 11.5. The van der Waals surface area contributed by atoms with E-state index in [1.807, 2.05) is 24.3 Å². The average molecular weight is 554 g/mol. The van der Waals surface area contributed by atoms with Gasteiger partial charge in [-0.25, -0.2) is 4.79 Å².